The Labute approximate surface area is 116 Å². The predicted octanol–water partition coefficient (Wildman–Crippen LogP) is 2.55. The lowest BCUT2D eigenvalue weighted by atomic mass is 10.2. The Morgan fingerprint density at radius 1 is 1.40 bits per heavy atom. The van der Waals surface area contributed by atoms with Crippen LogP contribution in [0.25, 0.3) is 0 Å². The molecule has 5 nitrogen and oxygen atoms in total. The first-order valence-corrected chi connectivity index (χ1v) is 6.39. The molecular weight excluding hydrogens is 293 g/mol. The van der Waals surface area contributed by atoms with Crippen LogP contribution in [0.4, 0.5) is 18.9 Å². The van der Waals surface area contributed by atoms with Crippen LogP contribution in [-0.4, -0.2) is 26.8 Å². The van der Waals surface area contributed by atoms with Crippen LogP contribution in [0.1, 0.15) is 5.56 Å². The van der Waals surface area contributed by atoms with Crippen molar-refractivity contribution in [3.8, 4) is 0 Å². The van der Waals surface area contributed by atoms with E-state index < -0.39 is 17.6 Å². The molecule has 0 spiro atoms. The fourth-order valence-corrected chi connectivity index (χ4v) is 1.94. The van der Waals surface area contributed by atoms with Crippen molar-refractivity contribution >= 4 is 23.4 Å². The van der Waals surface area contributed by atoms with Crippen molar-refractivity contribution in [2.45, 2.75) is 11.3 Å². The van der Waals surface area contributed by atoms with Crippen molar-refractivity contribution in [1.29, 1.82) is 0 Å². The van der Waals surface area contributed by atoms with Crippen LogP contribution < -0.4 is 5.32 Å². The zero-order valence-electron chi connectivity index (χ0n) is 9.94. The maximum absolute atomic E-state index is 12.5. The summed E-state index contributed by atoms with van der Waals surface area (Å²) in [5.41, 5.74) is -0.711. The van der Waals surface area contributed by atoms with E-state index in [1.165, 1.54) is 18.5 Å². The third kappa shape index (κ3) is 3.98. The molecule has 0 radical (unpaired) electrons. The van der Waals surface area contributed by atoms with Gasteiger partial charge in [0.25, 0.3) is 0 Å². The lowest BCUT2D eigenvalue weighted by molar-refractivity contribution is -0.137. The number of nitrogens with one attached hydrogen (secondary N) is 2. The Kier molecular flexibility index (Phi) is 4.28. The van der Waals surface area contributed by atoms with E-state index >= 15 is 0 Å². The van der Waals surface area contributed by atoms with Gasteiger partial charge in [0.15, 0.2) is 0 Å². The van der Waals surface area contributed by atoms with Gasteiger partial charge in [-0.1, -0.05) is 17.8 Å². The molecule has 9 heteroatoms. The van der Waals surface area contributed by atoms with Gasteiger partial charge < -0.3 is 5.32 Å². The van der Waals surface area contributed by atoms with Crippen molar-refractivity contribution in [1.82, 2.24) is 15.2 Å². The van der Waals surface area contributed by atoms with Gasteiger partial charge in [0.05, 0.1) is 11.3 Å². The second-order valence-corrected chi connectivity index (χ2v) is 4.64. The summed E-state index contributed by atoms with van der Waals surface area (Å²) in [6.07, 6.45) is -3.07. The fraction of sp³-hybridized carbons (Fsp3) is 0.182. The molecule has 0 aliphatic heterocycles. The average Bonchev–Trinajstić information content (AvgIpc) is 2.89. The fourth-order valence-electron chi connectivity index (χ4n) is 1.37. The molecule has 2 aromatic rings. The zero-order chi connectivity index (χ0) is 14.6. The summed E-state index contributed by atoms with van der Waals surface area (Å²) in [5, 5.41) is 9.01. The number of aromatic amines is 1. The zero-order valence-corrected chi connectivity index (χ0v) is 10.8. The molecule has 0 atom stereocenters. The maximum atomic E-state index is 12.5. The molecule has 0 saturated heterocycles. The number of amides is 1. The number of anilines is 1. The lowest BCUT2D eigenvalue weighted by Crippen LogP contribution is -2.15. The second kappa shape index (κ2) is 5.95. The third-order valence-corrected chi connectivity index (χ3v) is 3.06. The summed E-state index contributed by atoms with van der Waals surface area (Å²) < 4.78 is 37.5. The van der Waals surface area contributed by atoms with Gasteiger partial charge in [0.2, 0.25) is 11.1 Å². The van der Waals surface area contributed by atoms with Crippen LogP contribution >= 0.6 is 11.8 Å². The van der Waals surface area contributed by atoms with Crippen molar-refractivity contribution in [3.05, 3.63) is 36.2 Å². The molecule has 2 N–H and O–H groups in total. The van der Waals surface area contributed by atoms with E-state index in [2.05, 4.69) is 20.5 Å². The average molecular weight is 302 g/mol. The van der Waals surface area contributed by atoms with E-state index in [1.807, 2.05) is 0 Å². The molecular formula is C11H9F3N4OS. The molecule has 0 aliphatic rings. The summed E-state index contributed by atoms with van der Waals surface area (Å²) in [7, 11) is 0. The molecule has 1 aromatic carbocycles. The molecule has 0 aliphatic carbocycles. The highest BCUT2D eigenvalue weighted by Gasteiger charge is 2.30. The van der Waals surface area contributed by atoms with Crippen LogP contribution in [0.15, 0.2) is 35.7 Å². The van der Waals surface area contributed by atoms with Gasteiger partial charge in [-0.3, -0.25) is 9.89 Å². The number of benzene rings is 1. The molecule has 20 heavy (non-hydrogen) atoms. The van der Waals surface area contributed by atoms with Crippen molar-refractivity contribution < 1.29 is 18.0 Å². The number of rotatable bonds is 4. The van der Waals surface area contributed by atoms with E-state index in [0.717, 1.165) is 23.9 Å². The highest BCUT2D eigenvalue weighted by Crippen LogP contribution is 2.30. The number of carbonyl (C=O) groups excluding carboxylic acids is 1. The first-order chi connectivity index (χ1) is 9.45. The first kappa shape index (κ1) is 14.4. The number of hydrogen-bond acceptors (Lipinski definition) is 4. The van der Waals surface area contributed by atoms with Crippen LogP contribution in [0.3, 0.4) is 0 Å². The van der Waals surface area contributed by atoms with Gasteiger partial charge in [-0.25, -0.2) is 4.98 Å². The summed E-state index contributed by atoms with van der Waals surface area (Å²) in [6.45, 7) is 0. The summed E-state index contributed by atoms with van der Waals surface area (Å²) in [4.78, 5) is 15.4. The third-order valence-electron chi connectivity index (χ3n) is 2.20. The molecule has 0 unspecified atom stereocenters. The highest BCUT2D eigenvalue weighted by molar-refractivity contribution is 7.99. The van der Waals surface area contributed by atoms with E-state index in [0.29, 0.717) is 5.16 Å². The summed E-state index contributed by atoms with van der Waals surface area (Å²) in [5.74, 6) is -0.423. The Morgan fingerprint density at radius 2 is 2.20 bits per heavy atom. The SMILES string of the molecule is O=C(CSc1nc[nH]n1)Nc1cccc(C(F)(F)F)c1. The number of thioether (sulfide) groups is 1. The minimum absolute atomic E-state index is 0.00803. The minimum Gasteiger partial charge on any atom is -0.325 e. The smallest absolute Gasteiger partial charge is 0.325 e. The van der Waals surface area contributed by atoms with Crippen LogP contribution in [0.2, 0.25) is 0 Å². The highest BCUT2D eigenvalue weighted by atomic mass is 32.2. The Hall–Kier alpha value is -2.03. The standard InChI is InChI=1S/C11H9F3N4OS/c12-11(13,14)7-2-1-3-8(4-7)17-9(19)5-20-10-15-6-16-18-10/h1-4,6H,5H2,(H,17,19)(H,15,16,18). The van der Waals surface area contributed by atoms with Gasteiger partial charge in [0, 0.05) is 5.69 Å². The normalized spacial score (nSPS) is 11.3. The quantitative estimate of drug-likeness (QED) is 0.852. The molecule has 1 heterocycles. The number of alkyl halides is 3. The largest absolute Gasteiger partial charge is 0.416 e. The topological polar surface area (TPSA) is 70.7 Å². The number of halogens is 3. The predicted molar refractivity (Wildman–Crippen MR) is 67.2 cm³/mol. The van der Waals surface area contributed by atoms with Crippen LogP contribution in [0, 0.1) is 0 Å². The van der Waals surface area contributed by atoms with E-state index in [9.17, 15) is 18.0 Å². The lowest BCUT2D eigenvalue weighted by Gasteiger charge is -2.09. The number of carbonyl (C=O) groups is 1. The number of nitrogens with zero attached hydrogens (tertiary/aromatic N) is 2. The van der Waals surface area contributed by atoms with Crippen molar-refractivity contribution in [3.63, 3.8) is 0 Å². The summed E-state index contributed by atoms with van der Waals surface area (Å²) in [6, 6.07) is 4.46. The monoisotopic (exact) mass is 302 g/mol. The Balaban J connectivity index is 1.94. The van der Waals surface area contributed by atoms with Crippen LogP contribution in [0.5, 0.6) is 0 Å². The van der Waals surface area contributed by atoms with E-state index in [-0.39, 0.29) is 11.4 Å². The van der Waals surface area contributed by atoms with Gasteiger partial charge >= 0.3 is 6.18 Å². The molecule has 0 saturated carbocycles. The van der Waals surface area contributed by atoms with Gasteiger partial charge in [-0.2, -0.15) is 13.2 Å². The van der Waals surface area contributed by atoms with Gasteiger partial charge in [-0.05, 0) is 18.2 Å². The van der Waals surface area contributed by atoms with Gasteiger partial charge in [-0.15, -0.1) is 5.10 Å². The summed E-state index contributed by atoms with van der Waals surface area (Å²) >= 11 is 1.08. The number of H-pyrrole nitrogens is 1. The Bertz CT molecular complexity index is 586. The number of hydrogen-bond donors (Lipinski definition) is 2. The maximum Gasteiger partial charge on any atom is 0.416 e. The molecule has 0 fully saturated rings. The molecule has 2 rings (SSSR count). The molecule has 0 bridgehead atoms. The number of aromatic nitrogens is 3. The van der Waals surface area contributed by atoms with E-state index in [1.54, 1.807) is 0 Å². The van der Waals surface area contributed by atoms with Crippen molar-refractivity contribution in [2.75, 3.05) is 11.1 Å². The van der Waals surface area contributed by atoms with Crippen LogP contribution in [-0.2, 0) is 11.0 Å². The molecule has 106 valence electrons. The first-order valence-electron chi connectivity index (χ1n) is 5.41. The second-order valence-electron chi connectivity index (χ2n) is 3.70. The molecule has 1 amide bonds. The van der Waals surface area contributed by atoms with Crippen molar-refractivity contribution in [2.24, 2.45) is 0 Å². The minimum atomic E-state index is -4.44. The van der Waals surface area contributed by atoms with Gasteiger partial charge in [0.1, 0.15) is 6.33 Å². The molecule has 1 aromatic heterocycles. The Morgan fingerprint density at radius 3 is 2.85 bits per heavy atom. The van der Waals surface area contributed by atoms with E-state index in [4.69, 9.17) is 0 Å².